The normalized spacial score (nSPS) is 16.2. The summed E-state index contributed by atoms with van der Waals surface area (Å²) in [4.78, 5) is 9.71. The maximum Gasteiger partial charge on any atom is 0.142 e. The van der Waals surface area contributed by atoms with E-state index in [0.29, 0.717) is 0 Å². The van der Waals surface area contributed by atoms with E-state index in [1.165, 1.54) is 16.6 Å². The minimum atomic E-state index is -0.0365. The highest BCUT2D eigenvalue weighted by molar-refractivity contribution is 5.82. The van der Waals surface area contributed by atoms with E-state index in [4.69, 9.17) is 15.5 Å². The summed E-state index contributed by atoms with van der Waals surface area (Å²) in [5.41, 5.74) is 11.0. The molecule has 4 rings (SSSR count). The first-order valence-electron chi connectivity index (χ1n) is 10.4. The van der Waals surface area contributed by atoms with E-state index in [0.717, 1.165) is 56.1 Å². The van der Waals surface area contributed by atoms with Gasteiger partial charge in [-0.1, -0.05) is 30.3 Å². The zero-order valence-corrected chi connectivity index (χ0v) is 17.3. The van der Waals surface area contributed by atoms with E-state index in [9.17, 15) is 0 Å². The van der Waals surface area contributed by atoms with Crippen LogP contribution in [0.2, 0.25) is 0 Å². The van der Waals surface area contributed by atoms with Crippen molar-refractivity contribution in [1.29, 1.82) is 0 Å². The number of piperazine rings is 1. The number of rotatable bonds is 6. The Balaban J connectivity index is 1.33. The lowest BCUT2D eigenvalue weighted by Crippen LogP contribution is -2.47. The third-order valence-corrected chi connectivity index (χ3v) is 5.88. The van der Waals surface area contributed by atoms with Crippen LogP contribution in [0.4, 0.5) is 5.69 Å². The summed E-state index contributed by atoms with van der Waals surface area (Å²) in [5.74, 6) is 0.945. The fourth-order valence-corrected chi connectivity index (χ4v) is 4.14. The van der Waals surface area contributed by atoms with E-state index in [1.807, 2.05) is 18.2 Å². The number of hydrogen-bond donors (Lipinski definition) is 1. The van der Waals surface area contributed by atoms with Crippen LogP contribution < -0.4 is 15.4 Å². The number of nitrogens with two attached hydrogens (primary N) is 1. The lowest BCUT2D eigenvalue weighted by molar-refractivity contribution is 0.247. The number of anilines is 1. The van der Waals surface area contributed by atoms with Crippen molar-refractivity contribution in [3.8, 4) is 5.75 Å². The predicted molar refractivity (Wildman–Crippen MR) is 120 cm³/mol. The van der Waals surface area contributed by atoms with Crippen LogP contribution in [-0.2, 0) is 0 Å². The molecule has 0 amide bonds. The Hall–Kier alpha value is -2.63. The summed E-state index contributed by atoms with van der Waals surface area (Å²) in [6, 6.07) is 18.6. The summed E-state index contributed by atoms with van der Waals surface area (Å²) < 4.78 is 5.51. The molecule has 1 aliphatic heterocycles. The van der Waals surface area contributed by atoms with Crippen molar-refractivity contribution in [1.82, 2.24) is 9.88 Å². The third kappa shape index (κ3) is 4.36. The highest BCUT2D eigenvalue weighted by atomic mass is 16.5. The number of aromatic nitrogens is 1. The average molecular weight is 391 g/mol. The standard InChI is InChI=1S/C24H30N4O/c1-18-17-22(26-21-8-4-3-7-19(18)21)20(25)11-12-27-13-15-28(16-14-27)23-9-5-6-10-24(23)29-2/h3-10,17,20H,11-16,25H2,1-2H3. The van der Waals surface area contributed by atoms with Crippen molar-refractivity contribution < 1.29 is 4.74 Å². The van der Waals surface area contributed by atoms with Gasteiger partial charge in [-0.3, -0.25) is 9.88 Å². The Kier molecular flexibility index (Phi) is 5.97. The van der Waals surface area contributed by atoms with Gasteiger partial charge in [0.1, 0.15) is 5.75 Å². The SMILES string of the molecule is COc1ccccc1N1CCN(CCC(N)c2cc(C)c3ccccc3n2)CC1. The van der Waals surface area contributed by atoms with Crippen LogP contribution in [0, 0.1) is 6.92 Å². The van der Waals surface area contributed by atoms with Crippen LogP contribution in [0.3, 0.4) is 0 Å². The molecule has 5 nitrogen and oxygen atoms in total. The second kappa shape index (κ2) is 8.80. The maximum absolute atomic E-state index is 6.51. The second-order valence-electron chi connectivity index (χ2n) is 7.78. The summed E-state index contributed by atoms with van der Waals surface area (Å²) in [7, 11) is 1.74. The first-order valence-corrected chi connectivity index (χ1v) is 10.4. The monoisotopic (exact) mass is 390 g/mol. The van der Waals surface area contributed by atoms with Gasteiger partial charge >= 0.3 is 0 Å². The van der Waals surface area contributed by atoms with Gasteiger partial charge in [-0.15, -0.1) is 0 Å². The Labute approximate surface area is 173 Å². The first kappa shape index (κ1) is 19.7. The first-order chi connectivity index (χ1) is 14.2. The summed E-state index contributed by atoms with van der Waals surface area (Å²) in [5, 5.41) is 1.20. The maximum atomic E-state index is 6.51. The number of hydrogen-bond acceptors (Lipinski definition) is 5. The van der Waals surface area contributed by atoms with Gasteiger partial charge < -0.3 is 15.4 Å². The molecule has 3 aromatic rings. The quantitative estimate of drug-likeness (QED) is 0.694. The fraction of sp³-hybridized carbons (Fsp3) is 0.375. The van der Waals surface area contributed by atoms with Crippen LogP contribution in [0.5, 0.6) is 5.75 Å². The molecule has 5 heteroatoms. The van der Waals surface area contributed by atoms with Gasteiger partial charge in [-0.25, -0.2) is 0 Å². The fourth-order valence-electron chi connectivity index (χ4n) is 4.14. The summed E-state index contributed by atoms with van der Waals surface area (Å²) in [6.45, 7) is 7.21. The molecule has 0 spiro atoms. The number of pyridine rings is 1. The van der Waals surface area contributed by atoms with Gasteiger partial charge in [-0.05, 0) is 43.2 Å². The average Bonchev–Trinajstić information content (AvgIpc) is 2.77. The molecule has 152 valence electrons. The van der Waals surface area contributed by atoms with E-state index >= 15 is 0 Å². The minimum absolute atomic E-state index is 0.0365. The summed E-state index contributed by atoms with van der Waals surface area (Å²) in [6.07, 6.45) is 0.916. The molecule has 2 N–H and O–H groups in total. The zero-order chi connectivity index (χ0) is 20.2. The van der Waals surface area contributed by atoms with Gasteiger partial charge in [0.25, 0.3) is 0 Å². The lowest BCUT2D eigenvalue weighted by atomic mass is 10.0. The van der Waals surface area contributed by atoms with Gasteiger partial charge in [0.2, 0.25) is 0 Å². The number of fused-ring (bicyclic) bond motifs is 1. The molecule has 29 heavy (non-hydrogen) atoms. The molecule has 1 saturated heterocycles. The molecule has 0 saturated carbocycles. The van der Waals surface area contributed by atoms with Crippen molar-refractivity contribution in [2.75, 3.05) is 44.7 Å². The molecular weight excluding hydrogens is 360 g/mol. The Morgan fingerprint density at radius 1 is 1.03 bits per heavy atom. The van der Waals surface area contributed by atoms with Crippen molar-refractivity contribution in [2.24, 2.45) is 5.73 Å². The van der Waals surface area contributed by atoms with Crippen LogP contribution in [0.1, 0.15) is 23.7 Å². The van der Waals surface area contributed by atoms with Crippen LogP contribution in [0.15, 0.2) is 54.6 Å². The van der Waals surface area contributed by atoms with Crippen LogP contribution >= 0.6 is 0 Å². The highest BCUT2D eigenvalue weighted by Crippen LogP contribution is 2.28. The molecule has 1 atom stereocenters. The lowest BCUT2D eigenvalue weighted by Gasteiger charge is -2.37. The Bertz CT molecular complexity index is 966. The number of para-hydroxylation sites is 3. The van der Waals surface area contributed by atoms with Crippen molar-refractivity contribution in [3.05, 3.63) is 65.9 Å². The second-order valence-corrected chi connectivity index (χ2v) is 7.78. The number of benzene rings is 2. The smallest absolute Gasteiger partial charge is 0.142 e. The van der Waals surface area contributed by atoms with Crippen molar-refractivity contribution in [2.45, 2.75) is 19.4 Å². The molecule has 2 heterocycles. The third-order valence-electron chi connectivity index (χ3n) is 5.88. The van der Waals surface area contributed by atoms with Gasteiger partial charge in [0.15, 0.2) is 0 Å². The molecule has 0 aliphatic carbocycles. The number of nitrogens with zero attached hydrogens (tertiary/aromatic N) is 3. The number of methoxy groups -OCH3 is 1. The number of aryl methyl sites for hydroxylation is 1. The topological polar surface area (TPSA) is 54.6 Å². The molecule has 2 aromatic carbocycles. The predicted octanol–water partition coefficient (Wildman–Crippen LogP) is 3.76. The minimum Gasteiger partial charge on any atom is -0.495 e. The molecular formula is C24H30N4O. The van der Waals surface area contributed by atoms with Crippen molar-refractivity contribution >= 4 is 16.6 Å². The Morgan fingerprint density at radius 3 is 2.55 bits per heavy atom. The molecule has 1 unspecified atom stereocenters. The van der Waals surface area contributed by atoms with E-state index in [2.05, 4.69) is 53.1 Å². The molecule has 1 aromatic heterocycles. The van der Waals surface area contributed by atoms with Gasteiger partial charge in [0, 0.05) is 44.2 Å². The highest BCUT2D eigenvalue weighted by Gasteiger charge is 2.20. The molecule has 0 bridgehead atoms. The zero-order valence-electron chi connectivity index (χ0n) is 17.3. The van der Waals surface area contributed by atoms with Crippen LogP contribution in [-0.4, -0.2) is 49.7 Å². The molecule has 0 radical (unpaired) electrons. The van der Waals surface area contributed by atoms with E-state index < -0.39 is 0 Å². The van der Waals surface area contributed by atoms with E-state index in [-0.39, 0.29) is 6.04 Å². The van der Waals surface area contributed by atoms with Crippen molar-refractivity contribution in [3.63, 3.8) is 0 Å². The van der Waals surface area contributed by atoms with Crippen LogP contribution in [0.25, 0.3) is 10.9 Å². The molecule has 1 aliphatic rings. The Morgan fingerprint density at radius 2 is 1.76 bits per heavy atom. The van der Waals surface area contributed by atoms with E-state index in [1.54, 1.807) is 7.11 Å². The largest absolute Gasteiger partial charge is 0.495 e. The summed E-state index contributed by atoms with van der Waals surface area (Å²) >= 11 is 0. The van der Waals surface area contributed by atoms with Gasteiger partial charge in [-0.2, -0.15) is 0 Å². The number of ether oxygens (including phenoxy) is 1. The molecule has 1 fully saturated rings. The van der Waals surface area contributed by atoms with Gasteiger partial charge in [0.05, 0.1) is 24.0 Å².